The van der Waals surface area contributed by atoms with Gasteiger partial charge in [-0.05, 0) is 0 Å². The number of benzene rings is 7. The molecule has 10 rings (SSSR count). The Hall–Kier alpha value is -4.87. The maximum absolute atomic E-state index is 5.13. The normalized spacial score (nSPS) is 11.6. The molecule has 10 aromatic rings. The fourth-order valence-corrected chi connectivity index (χ4v) is 13.4. The van der Waals surface area contributed by atoms with E-state index in [1.807, 2.05) is 18.2 Å². The third kappa shape index (κ3) is 5.39. The first kappa shape index (κ1) is 30.0. The Morgan fingerprint density at radius 2 is 0.640 bits per heavy atom. The molecular weight excluding hydrogens is 838 g/mol. The van der Waals surface area contributed by atoms with Gasteiger partial charge in [-0.25, -0.2) is 0 Å². The van der Waals surface area contributed by atoms with Gasteiger partial charge in [0.15, 0.2) is 0 Å². The average molecular weight is 865 g/mol. The van der Waals surface area contributed by atoms with Gasteiger partial charge in [0.25, 0.3) is 0 Å². The molecule has 0 aliphatic carbocycles. The maximum atomic E-state index is 5.13. The van der Waals surface area contributed by atoms with Gasteiger partial charge < -0.3 is 0 Å². The second-order valence-electron chi connectivity index (χ2n) is 12.5. The van der Waals surface area contributed by atoms with Crippen LogP contribution in [0.5, 0.6) is 0 Å². The van der Waals surface area contributed by atoms with Gasteiger partial charge in [-0.1, -0.05) is 6.07 Å². The van der Waals surface area contributed by atoms with E-state index in [4.69, 9.17) is 15.0 Å². The van der Waals surface area contributed by atoms with Gasteiger partial charge in [0.1, 0.15) is 0 Å². The summed E-state index contributed by atoms with van der Waals surface area (Å²) in [6, 6.07) is 59.1. The standard InChI is InChI=1S/C45H27N3Te2/c1-2-10-28(11-3-1)43-46-44(33-14-8-12-29(24-33)31-20-22-37-35-16-4-6-18-39(35)49-41(37)26-31)48-45(47-43)34-15-9-13-30(25-34)32-21-23-38-36-17-5-7-19-40(36)50-42(38)27-32/h1-27H. The summed E-state index contributed by atoms with van der Waals surface area (Å²) in [5, 5.41) is 5.60. The molecule has 0 saturated carbocycles. The molecule has 0 saturated heterocycles. The van der Waals surface area contributed by atoms with E-state index in [1.54, 1.807) is 0 Å². The van der Waals surface area contributed by atoms with Crippen molar-refractivity contribution in [1.29, 1.82) is 0 Å². The molecule has 0 unspecified atom stereocenters. The van der Waals surface area contributed by atoms with Crippen LogP contribution in [0.4, 0.5) is 0 Å². The average Bonchev–Trinajstić information content (AvgIpc) is 3.76. The van der Waals surface area contributed by atoms with Crippen molar-refractivity contribution in [3.8, 4) is 56.4 Å². The van der Waals surface area contributed by atoms with Gasteiger partial charge >= 0.3 is 305 Å². The van der Waals surface area contributed by atoms with Crippen LogP contribution in [0.15, 0.2) is 164 Å². The topological polar surface area (TPSA) is 38.7 Å². The van der Waals surface area contributed by atoms with Crippen LogP contribution in [0, 0.1) is 0 Å². The molecule has 3 aromatic heterocycles. The Morgan fingerprint density at radius 3 is 1.16 bits per heavy atom. The monoisotopic (exact) mass is 869 g/mol. The molecule has 3 heterocycles. The molecule has 0 amide bonds. The Bertz CT molecular complexity index is 2710. The predicted molar refractivity (Wildman–Crippen MR) is 211 cm³/mol. The van der Waals surface area contributed by atoms with E-state index in [9.17, 15) is 0 Å². The summed E-state index contributed by atoms with van der Waals surface area (Å²) in [4.78, 5) is 15.2. The van der Waals surface area contributed by atoms with E-state index in [-0.39, 0.29) is 0 Å². The molecule has 0 bridgehead atoms. The molecule has 0 aliphatic rings. The van der Waals surface area contributed by atoms with Gasteiger partial charge in [-0.3, -0.25) is 0 Å². The summed E-state index contributed by atoms with van der Waals surface area (Å²) in [5.74, 6) is 2.01. The van der Waals surface area contributed by atoms with Crippen LogP contribution >= 0.6 is 0 Å². The molecule has 0 spiro atoms. The fraction of sp³-hybridized carbons (Fsp3) is 0. The molecule has 7 aromatic carbocycles. The fourth-order valence-electron chi connectivity index (χ4n) is 6.84. The van der Waals surface area contributed by atoms with E-state index in [1.165, 1.54) is 57.4 Å². The van der Waals surface area contributed by atoms with Crippen LogP contribution in [0.1, 0.15) is 0 Å². The molecule has 0 aliphatic heterocycles. The minimum atomic E-state index is -0.393. The third-order valence-electron chi connectivity index (χ3n) is 9.33. The van der Waals surface area contributed by atoms with Crippen molar-refractivity contribution in [3.05, 3.63) is 164 Å². The molecular formula is C45H27N3Te2. The van der Waals surface area contributed by atoms with Crippen LogP contribution in [-0.4, -0.2) is 55.8 Å². The SMILES string of the molecule is c1ccc(-c2nc(-c3cccc(-c4ccc5c(c4)[te]c4ccccc45)c3)nc(-c3cccc(-c4ccc5c(c4)[te]c4ccccc45)c3)n2)cc1. The van der Waals surface area contributed by atoms with Crippen molar-refractivity contribution < 1.29 is 0 Å². The number of hydrogen-bond donors (Lipinski definition) is 0. The second-order valence-corrected chi connectivity index (χ2v) is 18.6. The summed E-state index contributed by atoms with van der Waals surface area (Å²) in [6.45, 7) is 0. The summed E-state index contributed by atoms with van der Waals surface area (Å²) in [5.41, 5.74) is 7.71. The first-order chi connectivity index (χ1) is 24.7. The molecule has 50 heavy (non-hydrogen) atoms. The molecule has 0 radical (unpaired) electrons. The number of rotatable bonds is 5. The number of fused-ring (bicyclic) bond motifs is 6. The van der Waals surface area contributed by atoms with Crippen LogP contribution < -0.4 is 0 Å². The summed E-state index contributed by atoms with van der Waals surface area (Å²) in [6.07, 6.45) is 0. The first-order valence-corrected chi connectivity index (χ1v) is 21.3. The van der Waals surface area contributed by atoms with Gasteiger partial charge in [0.05, 0.1) is 0 Å². The van der Waals surface area contributed by atoms with E-state index in [2.05, 4.69) is 146 Å². The van der Waals surface area contributed by atoms with Crippen molar-refractivity contribution >= 4 is 76.0 Å². The van der Waals surface area contributed by atoms with Gasteiger partial charge in [-0.15, -0.1) is 0 Å². The van der Waals surface area contributed by atoms with Gasteiger partial charge in [-0.2, -0.15) is 0 Å². The zero-order valence-electron chi connectivity index (χ0n) is 26.7. The summed E-state index contributed by atoms with van der Waals surface area (Å²) < 4.78 is 6.06. The minimum absolute atomic E-state index is 0.393. The zero-order chi connectivity index (χ0) is 33.0. The molecule has 234 valence electrons. The van der Waals surface area contributed by atoms with Crippen molar-refractivity contribution in [2.75, 3.05) is 0 Å². The molecule has 0 atom stereocenters. The van der Waals surface area contributed by atoms with Crippen LogP contribution in [-0.2, 0) is 0 Å². The van der Waals surface area contributed by atoms with Crippen LogP contribution in [0.2, 0.25) is 0 Å². The van der Waals surface area contributed by atoms with Crippen LogP contribution in [0.25, 0.3) is 91.6 Å². The number of aromatic nitrogens is 3. The molecule has 3 nitrogen and oxygen atoms in total. The summed E-state index contributed by atoms with van der Waals surface area (Å²) in [7, 11) is 0. The van der Waals surface area contributed by atoms with Gasteiger partial charge in [0.2, 0.25) is 0 Å². The second kappa shape index (κ2) is 12.5. The quantitative estimate of drug-likeness (QED) is 0.162. The molecule has 0 fully saturated rings. The Kier molecular flexibility index (Phi) is 7.48. The van der Waals surface area contributed by atoms with Crippen molar-refractivity contribution in [2.45, 2.75) is 0 Å². The number of hydrogen-bond acceptors (Lipinski definition) is 3. The van der Waals surface area contributed by atoms with Crippen molar-refractivity contribution in [2.24, 2.45) is 0 Å². The first-order valence-electron chi connectivity index (χ1n) is 16.6. The van der Waals surface area contributed by atoms with Crippen molar-refractivity contribution in [1.82, 2.24) is 15.0 Å². The zero-order valence-corrected chi connectivity index (χ0v) is 31.4. The Morgan fingerprint density at radius 1 is 0.260 bits per heavy atom. The van der Waals surface area contributed by atoms with Crippen LogP contribution in [0.3, 0.4) is 0 Å². The van der Waals surface area contributed by atoms with E-state index >= 15 is 0 Å². The Balaban J connectivity index is 1.07. The Labute approximate surface area is 308 Å². The predicted octanol–water partition coefficient (Wildman–Crippen LogP) is 10.9. The summed E-state index contributed by atoms with van der Waals surface area (Å²) >= 11 is -0.786. The number of nitrogens with zero attached hydrogens (tertiary/aromatic N) is 3. The molecule has 0 N–H and O–H groups in total. The van der Waals surface area contributed by atoms with E-state index in [0.717, 1.165) is 16.7 Å². The van der Waals surface area contributed by atoms with Crippen molar-refractivity contribution in [3.63, 3.8) is 0 Å². The van der Waals surface area contributed by atoms with E-state index in [0.29, 0.717) is 17.5 Å². The van der Waals surface area contributed by atoms with Gasteiger partial charge in [0, 0.05) is 0 Å². The van der Waals surface area contributed by atoms with E-state index < -0.39 is 40.9 Å². The molecule has 5 heteroatoms. The third-order valence-corrected chi connectivity index (χ3v) is 15.8.